The summed E-state index contributed by atoms with van der Waals surface area (Å²) in [6, 6.07) is 3.69. The van der Waals surface area contributed by atoms with E-state index >= 15 is 0 Å². The van der Waals surface area contributed by atoms with Crippen molar-refractivity contribution in [1.82, 2.24) is 15.1 Å². The summed E-state index contributed by atoms with van der Waals surface area (Å²) in [6.07, 6.45) is 1.43. The van der Waals surface area contributed by atoms with Gasteiger partial charge in [-0.05, 0) is 18.4 Å². The van der Waals surface area contributed by atoms with Crippen molar-refractivity contribution in [2.24, 2.45) is 5.41 Å². The second-order valence-corrected chi connectivity index (χ2v) is 5.57. The molecule has 2 rings (SSSR count). The molecule has 106 valence electrons. The molecule has 2 aromatic heterocycles. The minimum atomic E-state index is -0.237. The topological polar surface area (TPSA) is 87.7 Å². The summed E-state index contributed by atoms with van der Waals surface area (Å²) < 4.78 is 11.0. The van der Waals surface area contributed by atoms with Gasteiger partial charge in [-0.3, -0.25) is 0 Å². The molecule has 0 aliphatic heterocycles. The normalized spacial score (nSPS) is 13.2. The molecule has 0 fully saturated rings. The van der Waals surface area contributed by atoms with Crippen molar-refractivity contribution in [3.05, 3.63) is 23.8 Å². The Hall–Kier alpha value is -2.13. The van der Waals surface area contributed by atoms with E-state index in [1.54, 1.807) is 12.3 Å². The molecule has 0 spiro atoms. The number of hydrogen-bond donors (Lipinski definition) is 1. The van der Waals surface area contributed by atoms with Gasteiger partial charge in [0.1, 0.15) is 17.9 Å². The molecule has 0 aliphatic carbocycles. The van der Waals surface area contributed by atoms with Gasteiger partial charge in [-0.1, -0.05) is 25.9 Å². The van der Waals surface area contributed by atoms with Gasteiger partial charge in [0.2, 0.25) is 5.82 Å². The SMILES string of the molecule is CCOC(c1noc(-c2c[nH]c(C#N)c2)n1)C(C)(C)C. The molecule has 0 amide bonds. The average molecular weight is 274 g/mol. The summed E-state index contributed by atoms with van der Waals surface area (Å²) in [6.45, 7) is 8.70. The highest BCUT2D eigenvalue weighted by Gasteiger charge is 2.31. The smallest absolute Gasteiger partial charge is 0.259 e. The Balaban J connectivity index is 2.29. The molecule has 1 N–H and O–H groups in total. The van der Waals surface area contributed by atoms with Crippen LogP contribution in [-0.2, 0) is 4.74 Å². The molecule has 0 aromatic carbocycles. The van der Waals surface area contributed by atoms with E-state index in [0.717, 1.165) is 0 Å². The van der Waals surface area contributed by atoms with Crippen LogP contribution < -0.4 is 0 Å². The van der Waals surface area contributed by atoms with E-state index in [1.807, 2.05) is 13.0 Å². The molecular weight excluding hydrogens is 256 g/mol. The van der Waals surface area contributed by atoms with Crippen LogP contribution >= 0.6 is 0 Å². The standard InChI is InChI=1S/C14H18N4O2/c1-5-19-11(14(2,3)4)12-17-13(20-18-12)9-6-10(7-15)16-8-9/h6,8,11,16H,5H2,1-4H3. The molecule has 0 radical (unpaired) electrons. The summed E-state index contributed by atoms with van der Waals surface area (Å²) in [4.78, 5) is 7.21. The Bertz CT molecular complexity index is 616. The largest absolute Gasteiger partial charge is 0.370 e. The van der Waals surface area contributed by atoms with Crippen molar-refractivity contribution in [3.63, 3.8) is 0 Å². The molecular formula is C14H18N4O2. The summed E-state index contributed by atoms with van der Waals surface area (Å²) in [5.41, 5.74) is 1.02. The lowest BCUT2D eigenvalue weighted by atomic mass is 9.88. The third kappa shape index (κ3) is 2.89. The zero-order chi connectivity index (χ0) is 14.8. The van der Waals surface area contributed by atoms with E-state index in [0.29, 0.717) is 29.6 Å². The highest BCUT2D eigenvalue weighted by molar-refractivity contribution is 5.54. The van der Waals surface area contributed by atoms with Crippen LogP contribution in [0, 0.1) is 16.7 Å². The van der Waals surface area contributed by atoms with Gasteiger partial charge in [0.25, 0.3) is 5.89 Å². The second-order valence-electron chi connectivity index (χ2n) is 5.57. The number of ether oxygens (including phenoxy) is 1. The first-order chi connectivity index (χ1) is 9.45. The Morgan fingerprint density at radius 1 is 1.50 bits per heavy atom. The maximum absolute atomic E-state index is 8.80. The van der Waals surface area contributed by atoms with E-state index in [9.17, 15) is 0 Å². The van der Waals surface area contributed by atoms with Crippen LogP contribution in [0.2, 0.25) is 0 Å². The van der Waals surface area contributed by atoms with E-state index in [1.165, 1.54) is 0 Å². The van der Waals surface area contributed by atoms with Crippen molar-refractivity contribution in [3.8, 4) is 17.5 Å². The predicted octanol–water partition coefficient (Wildman–Crippen LogP) is 3.06. The molecule has 1 unspecified atom stereocenters. The van der Waals surface area contributed by atoms with Crippen LogP contribution in [0.25, 0.3) is 11.5 Å². The zero-order valence-electron chi connectivity index (χ0n) is 12.1. The van der Waals surface area contributed by atoms with E-state index in [-0.39, 0.29) is 11.5 Å². The zero-order valence-corrected chi connectivity index (χ0v) is 12.1. The van der Waals surface area contributed by atoms with E-state index < -0.39 is 0 Å². The first-order valence-electron chi connectivity index (χ1n) is 6.49. The van der Waals surface area contributed by atoms with Crippen LogP contribution in [0.5, 0.6) is 0 Å². The Morgan fingerprint density at radius 2 is 2.25 bits per heavy atom. The molecule has 0 saturated carbocycles. The van der Waals surface area contributed by atoms with Crippen LogP contribution in [0.3, 0.4) is 0 Å². The van der Waals surface area contributed by atoms with Gasteiger partial charge in [-0.25, -0.2) is 0 Å². The van der Waals surface area contributed by atoms with Crippen LogP contribution in [0.4, 0.5) is 0 Å². The fourth-order valence-electron chi connectivity index (χ4n) is 1.92. The third-order valence-electron chi connectivity index (χ3n) is 2.85. The van der Waals surface area contributed by atoms with Crippen LogP contribution in [0.15, 0.2) is 16.8 Å². The molecule has 6 heteroatoms. The molecule has 2 aromatic rings. The number of aromatic amines is 1. The van der Waals surface area contributed by atoms with Crippen molar-refractivity contribution >= 4 is 0 Å². The number of aromatic nitrogens is 3. The number of hydrogen-bond acceptors (Lipinski definition) is 5. The lowest BCUT2D eigenvalue weighted by molar-refractivity contribution is -0.0203. The number of nitrogens with zero attached hydrogens (tertiary/aromatic N) is 3. The van der Waals surface area contributed by atoms with Crippen LogP contribution in [0.1, 0.15) is 45.3 Å². The summed E-state index contributed by atoms with van der Waals surface area (Å²) >= 11 is 0. The van der Waals surface area contributed by atoms with Gasteiger partial charge in [0.05, 0.1) is 5.56 Å². The lowest BCUT2D eigenvalue weighted by Gasteiger charge is -2.27. The van der Waals surface area contributed by atoms with Crippen molar-refractivity contribution in [1.29, 1.82) is 5.26 Å². The highest BCUT2D eigenvalue weighted by Crippen LogP contribution is 2.35. The fraction of sp³-hybridized carbons (Fsp3) is 0.500. The molecule has 1 atom stereocenters. The van der Waals surface area contributed by atoms with Gasteiger partial charge in [-0.2, -0.15) is 10.2 Å². The number of H-pyrrole nitrogens is 1. The summed E-state index contributed by atoms with van der Waals surface area (Å²) in [7, 11) is 0. The van der Waals surface area contributed by atoms with Crippen LogP contribution in [-0.4, -0.2) is 21.7 Å². The van der Waals surface area contributed by atoms with Crippen molar-refractivity contribution < 1.29 is 9.26 Å². The van der Waals surface area contributed by atoms with Gasteiger partial charge in [-0.15, -0.1) is 0 Å². The monoisotopic (exact) mass is 274 g/mol. The quantitative estimate of drug-likeness (QED) is 0.925. The van der Waals surface area contributed by atoms with E-state index in [2.05, 4.69) is 35.9 Å². The first-order valence-corrected chi connectivity index (χ1v) is 6.49. The molecule has 20 heavy (non-hydrogen) atoms. The minimum absolute atomic E-state index is 0.132. The maximum Gasteiger partial charge on any atom is 0.259 e. The Kier molecular flexibility index (Phi) is 3.91. The second kappa shape index (κ2) is 5.47. The number of nitriles is 1. The fourth-order valence-corrected chi connectivity index (χ4v) is 1.92. The first kappa shape index (κ1) is 14.3. The third-order valence-corrected chi connectivity index (χ3v) is 2.85. The maximum atomic E-state index is 8.80. The molecule has 0 saturated heterocycles. The average Bonchev–Trinajstić information content (AvgIpc) is 3.02. The lowest BCUT2D eigenvalue weighted by Crippen LogP contribution is -2.22. The molecule has 6 nitrogen and oxygen atoms in total. The molecule has 0 aliphatic rings. The number of rotatable bonds is 4. The molecule has 2 heterocycles. The van der Waals surface area contributed by atoms with Gasteiger partial charge in [0, 0.05) is 12.8 Å². The van der Waals surface area contributed by atoms with E-state index in [4.69, 9.17) is 14.5 Å². The molecule has 0 bridgehead atoms. The summed E-state index contributed by atoms with van der Waals surface area (Å²) in [5.74, 6) is 0.903. The summed E-state index contributed by atoms with van der Waals surface area (Å²) in [5, 5.41) is 12.8. The minimum Gasteiger partial charge on any atom is -0.370 e. The Labute approximate surface area is 117 Å². The Morgan fingerprint density at radius 3 is 2.80 bits per heavy atom. The van der Waals surface area contributed by atoms with Crippen molar-refractivity contribution in [2.75, 3.05) is 6.61 Å². The highest BCUT2D eigenvalue weighted by atomic mass is 16.5. The number of nitrogens with one attached hydrogen (secondary N) is 1. The van der Waals surface area contributed by atoms with Gasteiger partial charge < -0.3 is 14.2 Å². The van der Waals surface area contributed by atoms with Gasteiger partial charge >= 0.3 is 0 Å². The van der Waals surface area contributed by atoms with Gasteiger partial charge in [0.15, 0.2) is 0 Å². The predicted molar refractivity (Wildman–Crippen MR) is 72.6 cm³/mol. The van der Waals surface area contributed by atoms with Crippen molar-refractivity contribution in [2.45, 2.75) is 33.8 Å².